The summed E-state index contributed by atoms with van der Waals surface area (Å²) in [7, 11) is 0. The van der Waals surface area contributed by atoms with Gasteiger partial charge < -0.3 is 9.84 Å². The Hall–Kier alpha value is -3.92. The zero-order chi connectivity index (χ0) is 19.6. The molecule has 0 aliphatic rings. The molecule has 0 bridgehead atoms. The highest BCUT2D eigenvalue weighted by atomic mass is 16.5. The Bertz CT molecular complexity index is 1330. The van der Waals surface area contributed by atoms with Crippen LogP contribution in [0, 0.1) is 0 Å². The monoisotopic (exact) mass is 378 g/mol. The van der Waals surface area contributed by atoms with Crippen LogP contribution in [0.1, 0.15) is 16.1 Å². The number of rotatable bonds is 4. The molecule has 0 aliphatic carbocycles. The van der Waals surface area contributed by atoms with E-state index in [1.165, 1.54) is 5.39 Å². The molecule has 1 N–H and O–H groups in total. The molecule has 0 spiro atoms. The van der Waals surface area contributed by atoms with Gasteiger partial charge in [-0.3, -0.25) is 4.79 Å². The van der Waals surface area contributed by atoms with E-state index in [0.29, 0.717) is 23.6 Å². The summed E-state index contributed by atoms with van der Waals surface area (Å²) < 4.78 is 5.51. The summed E-state index contributed by atoms with van der Waals surface area (Å²) in [6, 6.07) is 29.8. The molecule has 4 aromatic carbocycles. The molecule has 1 amide bonds. The number of nitrogens with one attached hydrogen (secondary N) is 1. The lowest BCUT2D eigenvalue weighted by atomic mass is 10.0. The van der Waals surface area contributed by atoms with Crippen molar-refractivity contribution in [2.24, 2.45) is 0 Å². The van der Waals surface area contributed by atoms with Gasteiger partial charge in [-0.25, -0.2) is 0 Å². The number of benzene rings is 4. The maximum atomic E-state index is 12.7. The number of aromatic nitrogens is 1. The van der Waals surface area contributed by atoms with E-state index in [9.17, 15) is 4.79 Å². The maximum absolute atomic E-state index is 12.7. The normalized spacial score (nSPS) is 11.0. The molecule has 0 fully saturated rings. The molecule has 0 unspecified atom stereocenters. The van der Waals surface area contributed by atoms with Crippen molar-refractivity contribution < 1.29 is 9.32 Å². The van der Waals surface area contributed by atoms with Crippen molar-refractivity contribution in [3.05, 3.63) is 102 Å². The Morgan fingerprint density at radius 1 is 0.793 bits per heavy atom. The first-order valence-corrected chi connectivity index (χ1v) is 9.49. The Morgan fingerprint density at radius 3 is 2.45 bits per heavy atom. The summed E-state index contributed by atoms with van der Waals surface area (Å²) in [6.07, 6.45) is 0. The van der Waals surface area contributed by atoms with E-state index in [2.05, 4.69) is 34.7 Å². The summed E-state index contributed by atoms with van der Waals surface area (Å²) in [6.45, 7) is 0.305. The molecule has 4 heteroatoms. The second kappa shape index (κ2) is 7.24. The van der Waals surface area contributed by atoms with Gasteiger partial charge >= 0.3 is 0 Å². The average Bonchev–Trinajstić information content (AvgIpc) is 3.26. The van der Waals surface area contributed by atoms with Crippen molar-refractivity contribution in [3.8, 4) is 11.3 Å². The molecule has 0 radical (unpaired) electrons. The second-order valence-electron chi connectivity index (χ2n) is 6.95. The van der Waals surface area contributed by atoms with Gasteiger partial charge in [0.2, 0.25) is 0 Å². The first kappa shape index (κ1) is 17.2. The van der Waals surface area contributed by atoms with Gasteiger partial charge in [0.25, 0.3) is 5.91 Å². The third kappa shape index (κ3) is 3.36. The van der Waals surface area contributed by atoms with Gasteiger partial charge in [-0.2, -0.15) is 0 Å². The van der Waals surface area contributed by atoms with Gasteiger partial charge in [0.1, 0.15) is 5.69 Å². The lowest BCUT2D eigenvalue weighted by Crippen LogP contribution is -2.23. The lowest BCUT2D eigenvalue weighted by Gasteiger charge is -2.06. The summed E-state index contributed by atoms with van der Waals surface area (Å²) in [5.41, 5.74) is 2.30. The fourth-order valence-electron chi connectivity index (χ4n) is 3.56. The molecular weight excluding hydrogens is 360 g/mol. The maximum Gasteiger partial charge on any atom is 0.252 e. The van der Waals surface area contributed by atoms with Gasteiger partial charge in [-0.1, -0.05) is 78.0 Å². The standard InChI is InChI=1S/C25H18N2O2/c28-25(23-11-5-9-18-7-3-4-10-22(18)23)26-16-21-15-24(29-27-21)20-13-12-17-6-1-2-8-19(17)14-20/h1-15H,16H2,(H,26,28). The minimum absolute atomic E-state index is 0.128. The summed E-state index contributed by atoms with van der Waals surface area (Å²) in [5, 5.41) is 11.4. The van der Waals surface area contributed by atoms with E-state index >= 15 is 0 Å². The molecular formula is C25H18N2O2. The van der Waals surface area contributed by atoms with Gasteiger partial charge in [0, 0.05) is 17.2 Å². The van der Waals surface area contributed by atoms with Gasteiger partial charge in [-0.05, 0) is 33.7 Å². The number of hydrogen-bond donors (Lipinski definition) is 1. The summed E-state index contributed by atoms with van der Waals surface area (Å²) in [5.74, 6) is 0.558. The second-order valence-corrected chi connectivity index (χ2v) is 6.95. The fraction of sp³-hybridized carbons (Fsp3) is 0.0400. The van der Waals surface area contributed by atoms with E-state index in [1.807, 2.05) is 66.7 Å². The number of nitrogens with zero attached hydrogens (tertiary/aromatic N) is 1. The molecule has 1 aromatic heterocycles. The minimum Gasteiger partial charge on any atom is -0.356 e. The molecule has 5 rings (SSSR count). The minimum atomic E-state index is -0.128. The van der Waals surface area contributed by atoms with Crippen molar-refractivity contribution in [3.63, 3.8) is 0 Å². The van der Waals surface area contributed by atoms with Crippen LogP contribution in [-0.4, -0.2) is 11.1 Å². The van der Waals surface area contributed by atoms with E-state index in [1.54, 1.807) is 0 Å². The highest BCUT2D eigenvalue weighted by Crippen LogP contribution is 2.25. The Kier molecular flexibility index (Phi) is 4.30. The van der Waals surface area contributed by atoms with Crippen LogP contribution in [0.25, 0.3) is 32.9 Å². The van der Waals surface area contributed by atoms with Crippen LogP contribution < -0.4 is 5.32 Å². The molecule has 0 atom stereocenters. The SMILES string of the molecule is O=C(NCc1cc(-c2ccc3ccccc3c2)on1)c1cccc2ccccc12. The average molecular weight is 378 g/mol. The number of carbonyl (C=O) groups excluding carboxylic acids is 1. The summed E-state index contributed by atoms with van der Waals surface area (Å²) in [4.78, 5) is 12.7. The molecule has 140 valence electrons. The van der Waals surface area contributed by atoms with E-state index < -0.39 is 0 Å². The molecule has 1 heterocycles. The quantitative estimate of drug-likeness (QED) is 0.444. The predicted octanol–water partition coefficient (Wildman–Crippen LogP) is 5.58. The molecule has 4 nitrogen and oxygen atoms in total. The number of amides is 1. The lowest BCUT2D eigenvalue weighted by molar-refractivity contribution is 0.0951. The van der Waals surface area contributed by atoms with Crippen molar-refractivity contribution in [2.45, 2.75) is 6.54 Å². The van der Waals surface area contributed by atoms with Crippen LogP contribution in [0.15, 0.2) is 95.5 Å². The predicted molar refractivity (Wildman–Crippen MR) is 115 cm³/mol. The van der Waals surface area contributed by atoms with Crippen LogP contribution in [0.4, 0.5) is 0 Å². The topological polar surface area (TPSA) is 55.1 Å². The Morgan fingerprint density at radius 2 is 1.55 bits per heavy atom. The zero-order valence-electron chi connectivity index (χ0n) is 15.6. The molecule has 5 aromatic rings. The zero-order valence-corrected chi connectivity index (χ0v) is 15.6. The van der Waals surface area contributed by atoms with Crippen LogP contribution in [0.2, 0.25) is 0 Å². The first-order valence-electron chi connectivity index (χ1n) is 9.49. The van der Waals surface area contributed by atoms with Gasteiger partial charge in [0.15, 0.2) is 5.76 Å². The molecule has 29 heavy (non-hydrogen) atoms. The third-order valence-corrected chi connectivity index (χ3v) is 5.06. The number of carbonyl (C=O) groups is 1. The highest BCUT2D eigenvalue weighted by Gasteiger charge is 2.12. The van der Waals surface area contributed by atoms with Gasteiger partial charge in [-0.15, -0.1) is 0 Å². The van der Waals surface area contributed by atoms with Crippen molar-refractivity contribution in [1.29, 1.82) is 0 Å². The van der Waals surface area contributed by atoms with Crippen molar-refractivity contribution in [1.82, 2.24) is 10.5 Å². The molecule has 0 saturated carbocycles. The van der Waals surface area contributed by atoms with Crippen LogP contribution in [0.5, 0.6) is 0 Å². The third-order valence-electron chi connectivity index (χ3n) is 5.06. The first-order chi connectivity index (χ1) is 14.3. The smallest absolute Gasteiger partial charge is 0.252 e. The Labute approximate surface area is 167 Å². The summed E-state index contributed by atoms with van der Waals surface area (Å²) >= 11 is 0. The highest BCUT2D eigenvalue weighted by molar-refractivity contribution is 6.06. The fourth-order valence-corrected chi connectivity index (χ4v) is 3.56. The van der Waals surface area contributed by atoms with Crippen LogP contribution in [-0.2, 0) is 6.54 Å². The van der Waals surface area contributed by atoms with Crippen molar-refractivity contribution >= 4 is 27.5 Å². The van der Waals surface area contributed by atoms with Crippen LogP contribution in [0.3, 0.4) is 0 Å². The number of fused-ring (bicyclic) bond motifs is 2. The van der Waals surface area contributed by atoms with E-state index in [0.717, 1.165) is 21.7 Å². The molecule has 0 aliphatic heterocycles. The van der Waals surface area contributed by atoms with E-state index in [4.69, 9.17) is 4.52 Å². The van der Waals surface area contributed by atoms with Crippen LogP contribution >= 0.6 is 0 Å². The van der Waals surface area contributed by atoms with Gasteiger partial charge in [0.05, 0.1) is 6.54 Å². The largest absolute Gasteiger partial charge is 0.356 e. The van der Waals surface area contributed by atoms with Crippen molar-refractivity contribution in [2.75, 3.05) is 0 Å². The number of hydrogen-bond acceptors (Lipinski definition) is 3. The van der Waals surface area contributed by atoms with E-state index in [-0.39, 0.29) is 5.91 Å². The molecule has 0 saturated heterocycles. The Balaban J connectivity index is 1.34.